The van der Waals surface area contributed by atoms with E-state index >= 15 is 0 Å². The number of rotatable bonds is 4. The molecule has 2 N–H and O–H groups in total. The van der Waals surface area contributed by atoms with Crippen LogP contribution in [0.4, 0.5) is 5.95 Å². The molecule has 0 aliphatic heterocycles. The lowest BCUT2D eigenvalue weighted by Gasteiger charge is -2.25. The first-order valence-electron chi connectivity index (χ1n) is 12.6. The number of fused-ring (bicyclic) bond motifs is 1. The number of hydrogen-bond acceptors (Lipinski definition) is 7. The molecule has 0 amide bonds. The fourth-order valence-electron chi connectivity index (χ4n) is 4.74. The largest absolute Gasteiger partial charge is 0.368 e. The van der Waals surface area contributed by atoms with Crippen LogP contribution in [0.25, 0.3) is 50.6 Å². The number of imidazole rings is 1. The highest BCUT2D eigenvalue weighted by Crippen LogP contribution is 2.36. The van der Waals surface area contributed by atoms with Crippen LogP contribution in [0, 0.1) is 11.3 Å². The standard InChI is InChI=1S/C30H24ClN9/c1-30(2,3)40-26-11-9-19(20-15-34-29(33)35-16-20)13-24(26)37-28(40)22-12-18(14-32)8-10-25(22)39-17-36-27(38-39)21-6-4-5-7-23(21)31/h4-13,15-17H,1-3H3,(H2,33,34,35). The zero-order valence-corrected chi connectivity index (χ0v) is 22.8. The summed E-state index contributed by atoms with van der Waals surface area (Å²) in [5, 5.41) is 15.1. The van der Waals surface area contributed by atoms with Gasteiger partial charge in [-0.2, -0.15) is 5.26 Å². The molecule has 6 rings (SSSR count). The van der Waals surface area contributed by atoms with Crippen LogP contribution in [0.5, 0.6) is 0 Å². The molecule has 196 valence electrons. The smallest absolute Gasteiger partial charge is 0.219 e. The molecule has 3 aromatic carbocycles. The van der Waals surface area contributed by atoms with Gasteiger partial charge in [0.15, 0.2) is 5.82 Å². The topological polar surface area (TPSA) is 124 Å². The molecule has 10 heteroatoms. The van der Waals surface area contributed by atoms with Crippen LogP contribution in [0.2, 0.25) is 5.02 Å². The highest BCUT2D eigenvalue weighted by atomic mass is 35.5. The van der Waals surface area contributed by atoms with Gasteiger partial charge in [0.2, 0.25) is 5.95 Å². The van der Waals surface area contributed by atoms with Gasteiger partial charge >= 0.3 is 0 Å². The predicted octanol–water partition coefficient (Wildman–Crippen LogP) is 6.27. The summed E-state index contributed by atoms with van der Waals surface area (Å²) >= 11 is 6.41. The van der Waals surface area contributed by atoms with Crippen molar-refractivity contribution >= 4 is 28.6 Å². The van der Waals surface area contributed by atoms with Crippen molar-refractivity contribution in [3.05, 3.63) is 90.0 Å². The van der Waals surface area contributed by atoms with Gasteiger partial charge in [-0.3, -0.25) is 0 Å². The lowest BCUT2D eigenvalue weighted by atomic mass is 10.0. The van der Waals surface area contributed by atoms with E-state index in [0.29, 0.717) is 22.2 Å². The van der Waals surface area contributed by atoms with Crippen molar-refractivity contribution in [3.8, 4) is 45.7 Å². The molecule has 9 nitrogen and oxygen atoms in total. The maximum absolute atomic E-state index is 9.76. The van der Waals surface area contributed by atoms with E-state index in [9.17, 15) is 5.26 Å². The number of aromatic nitrogens is 7. The summed E-state index contributed by atoms with van der Waals surface area (Å²) in [7, 11) is 0. The third-order valence-electron chi connectivity index (χ3n) is 6.55. The first kappa shape index (κ1) is 25.2. The van der Waals surface area contributed by atoms with Crippen LogP contribution in [-0.4, -0.2) is 34.3 Å². The number of anilines is 1. The van der Waals surface area contributed by atoms with Gasteiger partial charge < -0.3 is 10.3 Å². The van der Waals surface area contributed by atoms with E-state index < -0.39 is 0 Å². The minimum atomic E-state index is -0.332. The molecule has 0 aliphatic rings. The summed E-state index contributed by atoms with van der Waals surface area (Å²) in [5.74, 6) is 1.43. The van der Waals surface area contributed by atoms with E-state index in [2.05, 4.69) is 46.4 Å². The van der Waals surface area contributed by atoms with Gasteiger partial charge in [-0.1, -0.05) is 29.8 Å². The van der Waals surface area contributed by atoms with Gasteiger partial charge in [-0.15, -0.1) is 5.10 Å². The van der Waals surface area contributed by atoms with Crippen molar-refractivity contribution in [2.24, 2.45) is 0 Å². The molecular formula is C30H24ClN9. The molecule has 0 aliphatic carbocycles. The summed E-state index contributed by atoms with van der Waals surface area (Å²) in [6.45, 7) is 6.37. The highest BCUT2D eigenvalue weighted by Gasteiger charge is 2.25. The molecule has 3 heterocycles. The van der Waals surface area contributed by atoms with E-state index in [1.54, 1.807) is 35.5 Å². The third-order valence-corrected chi connectivity index (χ3v) is 6.88. The van der Waals surface area contributed by atoms with Crippen molar-refractivity contribution in [2.75, 3.05) is 5.73 Å². The van der Waals surface area contributed by atoms with E-state index in [1.165, 1.54) is 0 Å². The molecule has 0 saturated carbocycles. The molecule has 0 bridgehead atoms. The van der Waals surface area contributed by atoms with Crippen molar-refractivity contribution < 1.29 is 0 Å². The first-order valence-corrected chi connectivity index (χ1v) is 12.9. The number of hydrogen-bond donors (Lipinski definition) is 1. The number of benzene rings is 3. The Hall–Kier alpha value is -5.07. The molecular weight excluding hydrogens is 522 g/mol. The molecule has 0 radical (unpaired) electrons. The molecule has 0 atom stereocenters. The third kappa shape index (κ3) is 4.44. The van der Waals surface area contributed by atoms with Crippen LogP contribution in [-0.2, 0) is 5.54 Å². The SMILES string of the molecule is CC(C)(C)n1c(-c2cc(C#N)ccc2-n2cnc(-c3ccccc3Cl)n2)nc2cc(-c3cnc(N)nc3)ccc21. The number of nitrogens with two attached hydrogens (primary N) is 1. The summed E-state index contributed by atoms with van der Waals surface area (Å²) in [5.41, 5.74) is 11.6. The maximum atomic E-state index is 9.76. The highest BCUT2D eigenvalue weighted by molar-refractivity contribution is 6.33. The van der Waals surface area contributed by atoms with E-state index in [-0.39, 0.29) is 11.5 Å². The summed E-state index contributed by atoms with van der Waals surface area (Å²) in [4.78, 5) is 17.9. The minimum absolute atomic E-state index is 0.222. The Morgan fingerprint density at radius 3 is 2.40 bits per heavy atom. The van der Waals surface area contributed by atoms with Crippen molar-refractivity contribution in [1.29, 1.82) is 5.26 Å². The van der Waals surface area contributed by atoms with Crippen LogP contribution in [0.1, 0.15) is 26.3 Å². The Morgan fingerprint density at radius 2 is 1.68 bits per heavy atom. The summed E-state index contributed by atoms with van der Waals surface area (Å²) in [6.07, 6.45) is 5.04. The number of nitrogen functional groups attached to an aromatic ring is 1. The van der Waals surface area contributed by atoms with E-state index in [0.717, 1.165) is 39.0 Å². The van der Waals surface area contributed by atoms with Gasteiger partial charge in [0.25, 0.3) is 0 Å². The Balaban J connectivity index is 1.56. The summed E-state index contributed by atoms with van der Waals surface area (Å²) < 4.78 is 3.87. The molecule has 3 aromatic heterocycles. The molecule has 0 saturated heterocycles. The Labute approximate surface area is 235 Å². The molecule has 6 aromatic rings. The van der Waals surface area contributed by atoms with E-state index in [1.807, 2.05) is 48.5 Å². The average molecular weight is 546 g/mol. The Morgan fingerprint density at radius 1 is 0.900 bits per heavy atom. The fraction of sp³-hybridized carbons (Fsp3) is 0.133. The second-order valence-corrected chi connectivity index (χ2v) is 10.7. The van der Waals surface area contributed by atoms with Crippen molar-refractivity contribution in [1.82, 2.24) is 34.3 Å². The summed E-state index contributed by atoms with van der Waals surface area (Å²) in [6, 6.07) is 21.2. The normalized spacial score (nSPS) is 11.6. The average Bonchev–Trinajstić information content (AvgIpc) is 3.58. The van der Waals surface area contributed by atoms with E-state index in [4.69, 9.17) is 27.4 Å². The molecule has 40 heavy (non-hydrogen) atoms. The number of halogens is 1. The molecule has 0 spiro atoms. The van der Waals surface area contributed by atoms with Gasteiger partial charge in [-0.25, -0.2) is 24.6 Å². The lowest BCUT2D eigenvalue weighted by molar-refractivity contribution is 0.413. The van der Waals surface area contributed by atoms with Crippen molar-refractivity contribution in [2.45, 2.75) is 26.3 Å². The number of nitriles is 1. The van der Waals surface area contributed by atoms with Crippen LogP contribution >= 0.6 is 11.6 Å². The van der Waals surface area contributed by atoms with Gasteiger partial charge in [0.05, 0.1) is 33.4 Å². The Bertz CT molecular complexity index is 1920. The lowest BCUT2D eigenvalue weighted by Crippen LogP contribution is -2.23. The zero-order chi connectivity index (χ0) is 28.0. The monoisotopic (exact) mass is 545 g/mol. The van der Waals surface area contributed by atoms with Crippen LogP contribution in [0.3, 0.4) is 0 Å². The second-order valence-electron chi connectivity index (χ2n) is 10.3. The first-order chi connectivity index (χ1) is 19.2. The van der Waals surface area contributed by atoms with Gasteiger partial charge in [-0.05, 0) is 68.8 Å². The number of nitrogens with zero attached hydrogens (tertiary/aromatic N) is 8. The van der Waals surface area contributed by atoms with Crippen LogP contribution in [0.15, 0.2) is 79.4 Å². The van der Waals surface area contributed by atoms with Crippen molar-refractivity contribution in [3.63, 3.8) is 0 Å². The van der Waals surface area contributed by atoms with Gasteiger partial charge in [0, 0.05) is 34.6 Å². The molecule has 0 unspecified atom stereocenters. The van der Waals surface area contributed by atoms with Gasteiger partial charge in [0.1, 0.15) is 12.2 Å². The zero-order valence-electron chi connectivity index (χ0n) is 22.0. The quantitative estimate of drug-likeness (QED) is 0.277. The fourth-order valence-corrected chi connectivity index (χ4v) is 4.96. The predicted molar refractivity (Wildman–Crippen MR) is 156 cm³/mol. The Kier molecular flexibility index (Phi) is 6.05. The second kappa shape index (κ2) is 9.59. The molecule has 0 fully saturated rings. The maximum Gasteiger partial charge on any atom is 0.219 e. The van der Waals surface area contributed by atoms with Crippen LogP contribution < -0.4 is 5.73 Å². The minimum Gasteiger partial charge on any atom is -0.368 e.